The largest absolute Gasteiger partial charge is 0.448 e. The van der Waals surface area contributed by atoms with Crippen LogP contribution in [-0.2, 0) is 9.53 Å². The molecule has 0 aliphatic carbocycles. The number of hydrogen-bond acceptors (Lipinski definition) is 5. The van der Waals surface area contributed by atoms with Gasteiger partial charge in [0.15, 0.2) is 6.10 Å². The fraction of sp³-hybridized carbons (Fsp3) is 0.538. The maximum absolute atomic E-state index is 11.8. The van der Waals surface area contributed by atoms with E-state index in [1.54, 1.807) is 18.4 Å². The van der Waals surface area contributed by atoms with Crippen LogP contribution in [0.25, 0.3) is 0 Å². The molecule has 6 heteroatoms. The van der Waals surface area contributed by atoms with Crippen molar-refractivity contribution < 1.29 is 14.3 Å². The first-order chi connectivity index (χ1) is 8.99. The minimum absolute atomic E-state index is 0.112. The van der Waals surface area contributed by atoms with Crippen molar-refractivity contribution in [3.8, 4) is 0 Å². The quantitative estimate of drug-likeness (QED) is 0.784. The number of ether oxygens (including phenoxy) is 1. The molecule has 1 amide bonds. The van der Waals surface area contributed by atoms with Crippen molar-refractivity contribution in [1.29, 1.82) is 0 Å². The number of thiophene rings is 1. The van der Waals surface area contributed by atoms with Crippen molar-refractivity contribution in [3.05, 3.63) is 16.3 Å². The first-order valence-electron chi connectivity index (χ1n) is 6.33. The molecule has 19 heavy (non-hydrogen) atoms. The number of anilines is 1. The highest BCUT2D eigenvalue weighted by Gasteiger charge is 2.22. The Hall–Kier alpha value is -1.56. The molecule has 1 aromatic heterocycles. The third-order valence-corrected chi connectivity index (χ3v) is 3.78. The van der Waals surface area contributed by atoms with Crippen molar-refractivity contribution in [2.45, 2.75) is 45.8 Å². The van der Waals surface area contributed by atoms with Gasteiger partial charge in [-0.2, -0.15) is 0 Å². The summed E-state index contributed by atoms with van der Waals surface area (Å²) in [5.41, 5.74) is 6.00. The molecule has 0 fully saturated rings. The first kappa shape index (κ1) is 15.5. The van der Waals surface area contributed by atoms with Crippen LogP contribution in [0.3, 0.4) is 0 Å². The zero-order valence-corrected chi connectivity index (χ0v) is 12.3. The van der Waals surface area contributed by atoms with Crippen molar-refractivity contribution in [2.75, 3.05) is 5.73 Å². The second-order valence-corrected chi connectivity index (χ2v) is 5.19. The minimum Gasteiger partial charge on any atom is -0.448 e. The monoisotopic (exact) mass is 284 g/mol. The van der Waals surface area contributed by atoms with Crippen LogP contribution >= 0.6 is 11.3 Å². The predicted molar refractivity (Wildman–Crippen MR) is 76.1 cm³/mol. The first-order valence-corrected chi connectivity index (χ1v) is 7.21. The smallest absolute Gasteiger partial charge is 0.351 e. The Morgan fingerprint density at radius 2 is 2.05 bits per heavy atom. The summed E-state index contributed by atoms with van der Waals surface area (Å²) >= 11 is 1.20. The van der Waals surface area contributed by atoms with Crippen LogP contribution in [0, 0.1) is 0 Å². The standard InChI is InChI=1S/C13H20N2O3S/c1-4-9(5-2)15-12(16)8(3)18-13(17)11-10(14)6-7-19-11/h6-9H,4-5,14H2,1-3H3,(H,15,16). The van der Waals surface area contributed by atoms with Gasteiger partial charge in [-0.15, -0.1) is 11.3 Å². The zero-order chi connectivity index (χ0) is 14.4. The number of nitrogens with one attached hydrogen (secondary N) is 1. The maximum Gasteiger partial charge on any atom is 0.351 e. The average molecular weight is 284 g/mol. The molecule has 1 unspecified atom stereocenters. The van der Waals surface area contributed by atoms with Crippen LogP contribution in [0.1, 0.15) is 43.3 Å². The Labute approximate surface area is 117 Å². The highest BCUT2D eigenvalue weighted by Crippen LogP contribution is 2.20. The van der Waals surface area contributed by atoms with E-state index in [0.29, 0.717) is 10.6 Å². The lowest BCUT2D eigenvalue weighted by Crippen LogP contribution is -2.41. The lowest BCUT2D eigenvalue weighted by molar-refractivity contribution is -0.129. The molecule has 0 spiro atoms. The van der Waals surface area contributed by atoms with Crippen LogP contribution in [0.15, 0.2) is 11.4 Å². The third kappa shape index (κ3) is 4.24. The van der Waals surface area contributed by atoms with Gasteiger partial charge in [0.1, 0.15) is 4.88 Å². The summed E-state index contributed by atoms with van der Waals surface area (Å²) in [5, 5.41) is 4.55. The number of esters is 1. The molecule has 3 N–H and O–H groups in total. The second-order valence-electron chi connectivity index (χ2n) is 4.27. The molecule has 1 aromatic rings. The number of carbonyl (C=O) groups excluding carboxylic acids is 2. The number of nitrogen functional groups attached to an aromatic ring is 1. The maximum atomic E-state index is 11.8. The van der Waals surface area contributed by atoms with E-state index in [1.165, 1.54) is 11.3 Å². The van der Waals surface area contributed by atoms with Crippen molar-refractivity contribution >= 4 is 28.9 Å². The molecule has 0 radical (unpaired) electrons. The summed E-state index contributed by atoms with van der Waals surface area (Å²) in [6.07, 6.45) is 0.872. The van der Waals surface area contributed by atoms with Gasteiger partial charge in [-0.1, -0.05) is 13.8 Å². The molecule has 0 aromatic carbocycles. The molecule has 5 nitrogen and oxygen atoms in total. The van der Waals surface area contributed by atoms with E-state index < -0.39 is 12.1 Å². The Morgan fingerprint density at radius 3 is 2.53 bits per heavy atom. The van der Waals surface area contributed by atoms with Crippen LogP contribution in [-0.4, -0.2) is 24.0 Å². The average Bonchev–Trinajstić information content (AvgIpc) is 2.81. The highest BCUT2D eigenvalue weighted by molar-refractivity contribution is 7.12. The van der Waals surface area contributed by atoms with Crippen molar-refractivity contribution in [1.82, 2.24) is 5.32 Å². The summed E-state index contributed by atoms with van der Waals surface area (Å²) in [7, 11) is 0. The van der Waals surface area contributed by atoms with Gasteiger partial charge >= 0.3 is 5.97 Å². The molecule has 0 saturated carbocycles. The van der Waals surface area contributed by atoms with Crippen LogP contribution in [0.2, 0.25) is 0 Å². The minimum atomic E-state index is -0.824. The van der Waals surface area contributed by atoms with Gasteiger partial charge in [-0.3, -0.25) is 4.79 Å². The van der Waals surface area contributed by atoms with E-state index in [0.717, 1.165) is 12.8 Å². The zero-order valence-electron chi connectivity index (χ0n) is 11.4. The molecular formula is C13H20N2O3S. The van der Waals surface area contributed by atoms with Crippen molar-refractivity contribution in [2.24, 2.45) is 0 Å². The summed E-state index contributed by atoms with van der Waals surface area (Å²) in [6, 6.07) is 1.75. The van der Waals surface area contributed by atoms with E-state index >= 15 is 0 Å². The van der Waals surface area contributed by atoms with E-state index in [1.807, 2.05) is 13.8 Å². The molecule has 106 valence electrons. The van der Waals surface area contributed by atoms with E-state index in [9.17, 15) is 9.59 Å². The fourth-order valence-corrected chi connectivity index (χ4v) is 2.26. The molecule has 1 heterocycles. The molecule has 0 saturated heterocycles. The van der Waals surface area contributed by atoms with Gasteiger partial charge < -0.3 is 15.8 Å². The highest BCUT2D eigenvalue weighted by atomic mass is 32.1. The second kappa shape index (κ2) is 7.13. The lowest BCUT2D eigenvalue weighted by atomic mass is 10.1. The summed E-state index contributed by atoms with van der Waals surface area (Å²) in [6.45, 7) is 5.55. The van der Waals surface area contributed by atoms with E-state index in [-0.39, 0.29) is 11.9 Å². The van der Waals surface area contributed by atoms with Gasteiger partial charge in [-0.05, 0) is 31.2 Å². The van der Waals surface area contributed by atoms with Gasteiger partial charge in [0.25, 0.3) is 5.91 Å². The van der Waals surface area contributed by atoms with Gasteiger partial charge in [0.05, 0.1) is 5.69 Å². The van der Waals surface area contributed by atoms with Crippen LogP contribution in [0.4, 0.5) is 5.69 Å². The van der Waals surface area contributed by atoms with E-state index in [4.69, 9.17) is 10.5 Å². The predicted octanol–water partition coefficient (Wildman–Crippen LogP) is 2.18. The number of nitrogens with two attached hydrogens (primary N) is 1. The number of amides is 1. The molecular weight excluding hydrogens is 264 g/mol. The van der Waals surface area contributed by atoms with Crippen LogP contribution < -0.4 is 11.1 Å². The summed E-state index contributed by atoms with van der Waals surface area (Å²) in [5.74, 6) is -0.836. The van der Waals surface area contributed by atoms with Gasteiger partial charge in [0.2, 0.25) is 0 Å². The topological polar surface area (TPSA) is 81.4 Å². The summed E-state index contributed by atoms with van der Waals surface area (Å²) < 4.78 is 5.11. The normalized spacial score (nSPS) is 12.2. The molecule has 0 bridgehead atoms. The summed E-state index contributed by atoms with van der Waals surface area (Å²) in [4.78, 5) is 24.0. The van der Waals surface area contributed by atoms with Gasteiger partial charge in [0, 0.05) is 6.04 Å². The Bertz CT molecular complexity index is 441. The SMILES string of the molecule is CCC(CC)NC(=O)C(C)OC(=O)c1sccc1N. The third-order valence-electron chi connectivity index (χ3n) is 2.87. The van der Waals surface area contributed by atoms with Gasteiger partial charge in [-0.25, -0.2) is 4.79 Å². The number of carbonyl (C=O) groups is 2. The Kier molecular flexibility index (Phi) is 5.82. The molecule has 1 atom stereocenters. The Morgan fingerprint density at radius 1 is 1.42 bits per heavy atom. The molecule has 0 aliphatic rings. The fourth-order valence-electron chi connectivity index (χ4n) is 1.56. The molecule has 1 rings (SSSR count). The number of hydrogen-bond donors (Lipinski definition) is 2. The number of rotatable bonds is 6. The van der Waals surface area contributed by atoms with Crippen LogP contribution in [0.5, 0.6) is 0 Å². The Balaban J connectivity index is 2.55. The van der Waals surface area contributed by atoms with E-state index in [2.05, 4.69) is 5.32 Å². The lowest BCUT2D eigenvalue weighted by Gasteiger charge is -2.18. The molecule has 0 aliphatic heterocycles. The van der Waals surface area contributed by atoms with Crippen molar-refractivity contribution in [3.63, 3.8) is 0 Å².